The van der Waals surface area contributed by atoms with Crippen LogP contribution in [0.4, 0.5) is 4.79 Å². The van der Waals surface area contributed by atoms with Crippen molar-refractivity contribution in [3.8, 4) is 11.7 Å². The molecular weight excluding hydrogens is 516 g/mol. The van der Waals surface area contributed by atoms with E-state index in [0.29, 0.717) is 42.5 Å². The number of nitrogens with one attached hydrogen (secondary N) is 1. The molecule has 3 aliphatic rings. The number of carbonyl (C=O) groups excluding carboxylic acids is 4. The van der Waals surface area contributed by atoms with Crippen LogP contribution in [-0.4, -0.2) is 76.3 Å². The number of pyridine rings is 1. The number of Topliss-reactive ketones (excluding diaryl/α,β-unsaturated/α-hetero) is 1. The van der Waals surface area contributed by atoms with E-state index >= 15 is 0 Å². The van der Waals surface area contributed by atoms with Gasteiger partial charge < -0.3 is 29.0 Å². The first kappa shape index (κ1) is 25.8. The van der Waals surface area contributed by atoms with Gasteiger partial charge in [-0.15, -0.1) is 0 Å². The summed E-state index contributed by atoms with van der Waals surface area (Å²) >= 11 is 0. The lowest BCUT2D eigenvalue weighted by Gasteiger charge is -2.40. The predicted molar refractivity (Wildman–Crippen MR) is 142 cm³/mol. The van der Waals surface area contributed by atoms with Crippen LogP contribution in [0.15, 0.2) is 53.1 Å². The van der Waals surface area contributed by atoms with Crippen molar-refractivity contribution in [2.75, 3.05) is 20.2 Å². The summed E-state index contributed by atoms with van der Waals surface area (Å²) < 4.78 is 16.3. The van der Waals surface area contributed by atoms with Crippen molar-refractivity contribution in [3.63, 3.8) is 0 Å². The Morgan fingerprint density at radius 3 is 2.65 bits per heavy atom. The predicted octanol–water partition coefficient (Wildman–Crippen LogP) is 3.32. The molecule has 2 unspecified atom stereocenters. The Balaban J connectivity index is 1.19. The third-order valence-corrected chi connectivity index (χ3v) is 8.18. The van der Waals surface area contributed by atoms with Gasteiger partial charge in [-0.2, -0.15) is 0 Å². The minimum atomic E-state index is -1.21. The van der Waals surface area contributed by atoms with E-state index in [1.807, 2.05) is 0 Å². The molecule has 1 N–H and O–H groups in total. The van der Waals surface area contributed by atoms with Crippen LogP contribution in [0.5, 0.6) is 11.7 Å². The molecule has 2 aromatic heterocycles. The van der Waals surface area contributed by atoms with E-state index in [2.05, 4.69) is 10.3 Å². The average molecular weight is 547 g/mol. The van der Waals surface area contributed by atoms with Crippen molar-refractivity contribution in [1.82, 2.24) is 20.1 Å². The van der Waals surface area contributed by atoms with Gasteiger partial charge in [0.05, 0.1) is 19.7 Å². The van der Waals surface area contributed by atoms with Crippen LogP contribution in [-0.2, 0) is 9.59 Å². The molecule has 2 saturated heterocycles. The number of nitrogens with zero attached hydrogens (tertiary/aromatic N) is 3. The van der Waals surface area contributed by atoms with Crippen LogP contribution in [0.25, 0.3) is 11.0 Å². The third-order valence-electron chi connectivity index (χ3n) is 8.18. The van der Waals surface area contributed by atoms with Crippen LogP contribution in [0.3, 0.4) is 0 Å². The van der Waals surface area contributed by atoms with Crippen LogP contribution in [0.1, 0.15) is 49.0 Å². The van der Waals surface area contributed by atoms with Gasteiger partial charge in [0.25, 0.3) is 11.9 Å². The molecule has 6 rings (SSSR count). The molecule has 208 valence electrons. The average Bonchev–Trinajstić information content (AvgIpc) is 3.67. The van der Waals surface area contributed by atoms with E-state index < -0.39 is 23.7 Å². The molecule has 3 aromatic rings. The van der Waals surface area contributed by atoms with Gasteiger partial charge in [-0.1, -0.05) is 25.3 Å². The first-order valence-electron chi connectivity index (χ1n) is 13.5. The van der Waals surface area contributed by atoms with E-state index in [-0.39, 0.29) is 35.8 Å². The van der Waals surface area contributed by atoms with Crippen LogP contribution in [0, 0.1) is 0 Å². The summed E-state index contributed by atoms with van der Waals surface area (Å²) in [4.78, 5) is 60.7. The van der Waals surface area contributed by atoms with Crippen molar-refractivity contribution in [3.05, 3.63) is 54.4 Å². The summed E-state index contributed by atoms with van der Waals surface area (Å²) in [6.45, 7) is 0.240. The normalized spacial score (nSPS) is 21.8. The molecule has 2 atom stereocenters. The van der Waals surface area contributed by atoms with Crippen LogP contribution in [0.2, 0.25) is 0 Å². The number of furan rings is 1. The van der Waals surface area contributed by atoms with Gasteiger partial charge in [-0.05, 0) is 49.6 Å². The van der Waals surface area contributed by atoms with Gasteiger partial charge in [-0.25, -0.2) is 4.79 Å². The van der Waals surface area contributed by atoms with Gasteiger partial charge in [0, 0.05) is 24.2 Å². The maximum absolute atomic E-state index is 14.1. The summed E-state index contributed by atoms with van der Waals surface area (Å²) in [5.74, 6) is -0.192. The summed E-state index contributed by atoms with van der Waals surface area (Å²) in [5.41, 5.74) is -0.421. The Hall–Kier alpha value is -4.41. The fourth-order valence-electron chi connectivity index (χ4n) is 6.27. The Kier molecular flexibility index (Phi) is 6.65. The largest absolute Gasteiger partial charge is 0.497 e. The van der Waals surface area contributed by atoms with Crippen molar-refractivity contribution in [2.24, 2.45) is 0 Å². The van der Waals surface area contributed by atoms with Gasteiger partial charge in [0.1, 0.15) is 28.6 Å². The van der Waals surface area contributed by atoms with Crippen molar-refractivity contribution >= 4 is 34.7 Å². The molecule has 4 heterocycles. The smallest absolute Gasteiger partial charge is 0.415 e. The topological polar surface area (TPSA) is 131 Å². The molecule has 40 heavy (non-hydrogen) atoms. The quantitative estimate of drug-likeness (QED) is 0.516. The number of rotatable bonds is 5. The number of benzene rings is 1. The minimum Gasteiger partial charge on any atom is -0.497 e. The molecule has 0 spiro atoms. The van der Waals surface area contributed by atoms with Crippen molar-refractivity contribution in [2.45, 2.75) is 56.1 Å². The molecule has 1 aromatic carbocycles. The number of hydrogen-bond acceptors (Lipinski definition) is 8. The lowest BCUT2D eigenvalue weighted by molar-refractivity contribution is -0.143. The summed E-state index contributed by atoms with van der Waals surface area (Å²) in [6.07, 6.45) is 4.49. The number of carbonyl (C=O) groups is 4. The molecule has 0 bridgehead atoms. The Labute approximate surface area is 230 Å². The number of hydrogen-bond donors (Lipinski definition) is 1. The second kappa shape index (κ2) is 10.3. The van der Waals surface area contributed by atoms with E-state index in [1.54, 1.807) is 54.5 Å². The van der Waals surface area contributed by atoms with E-state index in [9.17, 15) is 19.2 Å². The van der Waals surface area contributed by atoms with E-state index in [4.69, 9.17) is 13.9 Å². The minimum absolute atomic E-state index is 0.00459. The zero-order chi connectivity index (χ0) is 27.9. The highest BCUT2D eigenvalue weighted by atomic mass is 16.6. The zero-order valence-electron chi connectivity index (χ0n) is 22.1. The molecule has 11 heteroatoms. The van der Waals surface area contributed by atoms with Gasteiger partial charge in [-0.3, -0.25) is 19.4 Å². The first-order chi connectivity index (χ1) is 19.4. The Morgan fingerprint density at radius 1 is 1.07 bits per heavy atom. The third kappa shape index (κ3) is 4.55. The van der Waals surface area contributed by atoms with Crippen LogP contribution < -0.4 is 14.8 Å². The Bertz CT molecular complexity index is 1460. The first-order valence-corrected chi connectivity index (χ1v) is 13.5. The lowest BCUT2D eigenvalue weighted by atomic mass is 9.80. The number of ketones is 1. The van der Waals surface area contributed by atoms with Crippen molar-refractivity contribution in [1.29, 1.82) is 0 Å². The van der Waals surface area contributed by atoms with Gasteiger partial charge in [0.15, 0.2) is 5.78 Å². The van der Waals surface area contributed by atoms with E-state index in [0.717, 1.165) is 19.3 Å². The number of fused-ring (bicyclic) bond motifs is 2. The number of ether oxygens (including phenoxy) is 2. The maximum atomic E-state index is 14.1. The van der Waals surface area contributed by atoms with Crippen LogP contribution >= 0.6 is 0 Å². The molecule has 3 amide bonds. The summed E-state index contributed by atoms with van der Waals surface area (Å²) in [7, 11) is 1.56. The fraction of sp³-hybridized carbons (Fsp3) is 0.414. The standard InChI is InChI=1S/C29H30N4O7/c1-38-19-8-9-23-18(15-19)16-24(39-23)40-28(37)31-29(11-4-2-5-12-29)27(36)32-14-10-21-25(32)22(34)17-33(21)26(35)20-7-3-6-13-30-20/h3,6-9,13,15-16,21,25H,2,4-5,10-12,14,17H2,1H3,(H,31,37). The molecule has 3 fully saturated rings. The highest BCUT2D eigenvalue weighted by molar-refractivity contribution is 6.02. The molecule has 11 nitrogen and oxygen atoms in total. The number of aromatic nitrogens is 1. The second-order valence-corrected chi connectivity index (χ2v) is 10.5. The fourth-order valence-corrected chi connectivity index (χ4v) is 6.27. The number of amides is 3. The van der Waals surface area contributed by atoms with Crippen molar-refractivity contribution < 1.29 is 33.1 Å². The monoisotopic (exact) mass is 546 g/mol. The lowest BCUT2D eigenvalue weighted by Crippen LogP contribution is -2.62. The maximum Gasteiger partial charge on any atom is 0.415 e. The van der Waals surface area contributed by atoms with E-state index in [1.165, 1.54) is 11.1 Å². The molecular formula is C29H30N4O7. The second-order valence-electron chi connectivity index (χ2n) is 10.5. The number of methoxy groups -OCH3 is 1. The highest BCUT2D eigenvalue weighted by Crippen LogP contribution is 2.37. The van der Waals surface area contributed by atoms with Gasteiger partial charge >= 0.3 is 6.09 Å². The molecule has 1 saturated carbocycles. The molecule has 2 aliphatic heterocycles. The summed E-state index contributed by atoms with van der Waals surface area (Å²) in [5, 5.41) is 3.55. The van der Waals surface area contributed by atoms with Gasteiger partial charge in [0.2, 0.25) is 5.91 Å². The highest BCUT2D eigenvalue weighted by Gasteiger charge is 2.55. The Morgan fingerprint density at radius 2 is 1.90 bits per heavy atom. The summed E-state index contributed by atoms with van der Waals surface area (Å²) in [6, 6.07) is 10.7. The zero-order valence-corrected chi connectivity index (χ0v) is 22.1. The SMILES string of the molecule is COc1ccc2oc(OC(=O)NC3(C(=O)N4CCC5C4C(=O)CN5C(=O)c4ccccn4)CCCCC3)cc2c1. The molecule has 1 aliphatic carbocycles. The molecule has 0 radical (unpaired) electrons. The number of likely N-dealkylation sites (tertiary alicyclic amines) is 2.